The van der Waals surface area contributed by atoms with Crippen LogP contribution in [0.2, 0.25) is 0 Å². The van der Waals surface area contributed by atoms with E-state index in [1.807, 2.05) is 0 Å². The number of carbonyl (C=O) groups is 2. The molecule has 1 fully saturated rings. The zero-order valence-corrected chi connectivity index (χ0v) is 11.6. The van der Waals surface area contributed by atoms with Crippen molar-refractivity contribution in [3.05, 3.63) is 29.6 Å². The van der Waals surface area contributed by atoms with Crippen LogP contribution in [-0.4, -0.2) is 23.5 Å². The number of nitrogens with one attached hydrogen (secondary N) is 1. The molecule has 6 heteroatoms. The second kappa shape index (κ2) is 6.56. The number of anilines is 1. The molecule has 1 aliphatic rings. The lowest BCUT2D eigenvalue weighted by Gasteiger charge is -2.26. The van der Waals surface area contributed by atoms with Gasteiger partial charge in [-0.2, -0.15) is 0 Å². The second-order valence-electron chi connectivity index (χ2n) is 5.46. The van der Waals surface area contributed by atoms with Gasteiger partial charge in [-0.3, -0.25) is 9.59 Å². The van der Waals surface area contributed by atoms with Gasteiger partial charge in [-0.25, -0.2) is 4.39 Å². The molecule has 0 spiro atoms. The van der Waals surface area contributed by atoms with Gasteiger partial charge in [0.1, 0.15) is 5.82 Å². The summed E-state index contributed by atoms with van der Waals surface area (Å²) in [6.07, 6.45) is 2.94. The van der Waals surface area contributed by atoms with Crippen molar-refractivity contribution in [3.8, 4) is 0 Å². The standard InChI is InChI=1S/C15H19FN2O3/c16-11-2-1-3-12(13(11)14(17)19)18-8-9-4-6-10(7-5-9)15(20)21/h1-3,9-10,18H,4-8H2,(H2,17,19)(H,20,21). The van der Waals surface area contributed by atoms with Crippen molar-refractivity contribution in [2.75, 3.05) is 11.9 Å². The summed E-state index contributed by atoms with van der Waals surface area (Å²) in [6, 6.07) is 4.33. The summed E-state index contributed by atoms with van der Waals surface area (Å²) in [6.45, 7) is 0.579. The molecule has 0 saturated heterocycles. The summed E-state index contributed by atoms with van der Waals surface area (Å²) in [5, 5.41) is 12.0. The van der Waals surface area contributed by atoms with Crippen LogP contribution in [0.1, 0.15) is 36.0 Å². The number of aliphatic carboxylic acids is 1. The Morgan fingerprint density at radius 3 is 2.52 bits per heavy atom. The fraction of sp³-hybridized carbons (Fsp3) is 0.467. The smallest absolute Gasteiger partial charge is 0.306 e. The zero-order chi connectivity index (χ0) is 15.4. The average molecular weight is 294 g/mol. The van der Waals surface area contributed by atoms with Crippen LogP contribution in [0.4, 0.5) is 10.1 Å². The lowest BCUT2D eigenvalue weighted by molar-refractivity contribution is -0.143. The predicted octanol–water partition coefficient (Wildman–Crippen LogP) is 2.23. The maximum Gasteiger partial charge on any atom is 0.306 e. The van der Waals surface area contributed by atoms with E-state index in [9.17, 15) is 14.0 Å². The molecule has 21 heavy (non-hydrogen) atoms. The first-order valence-corrected chi connectivity index (χ1v) is 7.04. The van der Waals surface area contributed by atoms with E-state index in [2.05, 4.69) is 5.32 Å². The second-order valence-corrected chi connectivity index (χ2v) is 5.46. The van der Waals surface area contributed by atoms with E-state index in [0.717, 1.165) is 12.8 Å². The highest BCUT2D eigenvalue weighted by atomic mass is 19.1. The van der Waals surface area contributed by atoms with Crippen molar-refractivity contribution in [1.29, 1.82) is 0 Å². The summed E-state index contributed by atoms with van der Waals surface area (Å²) in [7, 11) is 0. The summed E-state index contributed by atoms with van der Waals surface area (Å²) < 4.78 is 13.6. The first-order chi connectivity index (χ1) is 9.99. The van der Waals surface area contributed by atoms with Crippen LogP contribution in [0.25, 0.3) is 0 Å². The van der Waals surface area contributed by atoms with Gasteiger partial charge in [-0.1, -0.05) is 6.07 Å². The maximum absolute atomic E-state index is 13.6. The molecule has 4 N–H and O–H groups in total. The Morgan fingerprint density at radius 1 is 1.29 bits per heavy atom. The fourth-order valence-corrected chi connectivity index (χ4v) is 2.79. The number of halogens is 1. The largest absolute Gasteiger partial charge is 0.481 e. The molecule has 1 aromatic carbocycles. The van der Waals surface area contributed by atoms with Gasteiger partial charge in [0.05, 0.1) is 11.5 Å². The van der Waals surface area contributed by atoms with Crippen LogP contribution < -0.4 is 11.1 Å². The summed E-state index contributed by atoms with van der Waals surface area (Å²) >= 11 is 0. The molecule has 0 bridgehead atoms. The molecule has 114 valence electrons. The van der Waals surface area contributed by atoms with Gasteiger partial charge >= 0.3 is 5.97 Å². The van der Waals surface area contributed by atoms with Gasteiger partial charge in [0, 0.05) is 12.2 Å². The molecule has 2 rings (SSSR count). The Hall–Kier alpha value is -2.11. The van der Waals surface area contributed by atoms with E-state index in [4.69, 9.17) is 10.8 Å². The number of nitrogens with two attached hydrogens (primary N) is 1. The molecule has 0 heterocycles. The van der Waals surface area contributed by atoms with Gasteiger partial charge in [-0.15, -0.1) is 0 Å². The zero-order valence-electron chi connectivity index (χ0n) is 11.6. The third-order valence-corrected chi connectivity index (χ3v) is 4.04. The molecule has 1 aliphatic carbocycles. The van der Waals surface area contributed by atoms with Crippen LogP contribution in [-0.2, 0) is 4.79 Å². The molecule has 1 aromatic rings. The minimum Gasteiger partial charge on any atom is -0.481 e. The predicted molar refractivity (Wildman–Crippen MR) is 76.5 cm³/mol. The van der Waals surface area contributed by atoms with Crippen LogP contribution >= 0.6 is 0 Å². The van der Waals surface area contributed by atoms with E-state index in [0.29, 0.717) is 31.0 Å². The Balaban J connectivity index is 1.94. The highest BCUT2D eigenvalue weighted by Crippen LogP contribution is 2.29. The van der Waals surface area contributed by atoms with E-state index >= 15 is 0 Å². The lowest BCUT2D eigenvalue weighted by atomic mass is 9.82. The van der Waals surface area contributed by atoms with E-state index in [-0.39, 0.29) is 11.5 Å². The molecule has 1 saturated carbocycles. The van der Waals surface area contributed by atoms with Gasteiger partial charge in [-0.05, 0) is 43.7 Å². The third-order valence-electron chi connectivity index (χ3n) is 4.04. The topological polar surface area (TPSA) is 92.4 Å². The first kappa shape index (κ1) is 15.3. The van der Waals surface area contributed by atoms with Gasteiger partial charge in [0.2, 0.25) is 0 Å². The molecule has 0 unspecified atom stereocenters. The minimum atomic E-state index is -0.801. The number of hydrogen-bond acceptors (Lipinski definition) is 3. The molecule has 0 aliphatic heterocycles. The number of amides is 1. The van der Waals surface area contributed by atoms with Crippen molar-refractivity contribution in [2.24, 2.45) is 17.6 Å². The van der Waals surface area contributed by atoms with Crippen molar-refractivity contribution >= 4 is 17.6 Å². The average Bonchev–Trinajstić information content (AvgIpc) is 2.45. The molecular formula is C15H19FN2O3. The third kappa shape index (κ3) is 3.71. The summed E-state index contributed by atoms with van der Waals surface area (Å²) in [5.74, 6) is -2.10. The van der Waals surface area contributed by atoms with E-state index < -0.39 is 17.7 Å². The van der Waals surface area contributed by atoms with Crippen molar-refractivity contribution in [2.45, 2.75) is 25.7 Å². The van der Waals surface area contributed by atoms with Crippen LogP contribution in [0, 0.1) is 17.7 Å². The molecule has 0 atom stereocenters. The monoisotopic (exact) mass is 294 g/mol. The Bertz CT molecular complexity index is 540. The first-order valence-electron chi connectivity index (χ1n) is 7.04. The summed E-state index contributed by atoms with van der Waals surface area (Å²) in [4.78, 5) is 22.2. The number of hydrogen-bond donors (Lipinski definition) is 3. The maximum atomic E-state index is 13.6. The molecule has 5 nitrogen and oxygen atoms in total. The van der Waals surface area contributed by atoms with Gasteiger partial charge in [0.25, 0.3) is 5.91 Å². The molecule has 0 aromatic heterocycles. The molecule has 1 amide bonds. The van der Waals surface area contributed by atoms with Crippen LogP contribution in [0.15, 0.2) is 18.2 Å². The molecular weight excluding hydrogens is 275 g/mol. The summed E-state index contributed by atoms with van der Waals surface area (Å²) in [5.41, 5.74) is 5.45. The highest BCUT2D eigenvalue weighted by molar-refractivity contribution is 5.98. The van der Waals surface area contributed by atoms with Crippen molar-refractivity contribution in [1.82, 2.24) is 0 Å². The number of primary amides is 1. The van der Waals surface area contributed by atoms with Crippen molar-refractivity contribution < 1.29 is 19.1 Å². The highest BCUT2D eigenvalue weighted by Gasteiger charge is 2.26. The van der Waals surface area contributed by atoms with Gasteiger partial charge < -0.3 is 16.2 Å². The SMILES string of the molecule is NC(=O)c1c(F)cccc1NCC1CCC(C(=O)O)CC1. The number of carbonyl (C=O) groups excluding carboxylic acids is 1. The number of carboxylic acids is 1. The number of benzene rings is 1. The lowest BCUT2D eigenvalue weighted by Crippen LogP contribution is -2.26. The number of carboxylic acid groups (broad SMARTS) is 1. The van der Waals surface area contributed by atoms with Crippen molar-refractivity contribution in [3.63, 3.8) is 0 Å². The molecule has 0 radical (unpaired) electrons. The van der Waals surface area contributed by atoms with E-state index in [1.54, 1.807) is 6.07 Å². The normalized spacial score (nSPS) is 21.8. The van der Waals surface area contributed by atoms with Gasteiger partial charge in [0.15, 0.2) is 0 Å². The minimum absolute atomic E-state index is 0.128. The Kier molecular flexibility index (Phi) is 4.77. The number of rotatable bonds is 5. The van der Waals surface area contributed by atoms with E-state index in [1.165, 1.54) is 12.1 Å². The fourth-order valence-electron chi connectivity index (χ4n) is 2.79. The van der Waals surface area contributed by atoms with Crippen LogP contribution in [0.3, 0.4) is 0 Å². The Morgan fingerprint density at radius 2 is 1.95 bits per heavy atom. The quantitative estimate of drug-likeness (QED) is 0.776. The van der Waals surface area contributed by atoms with Crippen LogP contribution in [0.5, 0.6) is 0 Å². The Labute approximate surface area is 122 Å².